The van der Waals surface area contributed by atoms with Gasteiger partial charge in [0.2, 0.25) is 0 Å². The maximum atomic E-state index is 13.2. The van der Waals surface area contributed by atoms with Crippen LogP contribution in [0.3, 0.4) is 0 Å². The highest BCUT2D eigenvalue weighted by Crippen LogP contribution is 2.26. The molecule has 1 heterocycles. The van der Waals surface area contributed by atoms with Crippen molar-refractivity contribution in [2.24, 2.45) is 5.92 Å². The molecule has 2 rings (SSSR count). The van der Waals surface area contributed by atoms with E-state index in [0.717, 1.165) is 18.7 Å². The Bertz CT molecular complexity index is 575. The summed E-state index contributed by atoms with van der Waals surface area (Å²) in [6.07, 6.45) is 0. The molecule has 0 fully saturated rings. The van der Waals surface area contributed by atoms with Gasteiger partial charge in [0.15, 0.2) is 17.5 Å². The van der Waals surface area contributed by atoms with E-state index < -0.39 is 17.5 Å². The van der Waals surface area contributed by atoms with E-state index in [4.69, 9.17) is 0 Å². The number of aromatic nitrogens is 2. The lowest BCUT2D eigenvalue weighted by molar-refractivity contribution is 0.447. The first-order valence-corrected chi connectivity index (χ1v) is 6.97. The molecule has 0 amide bonds. The van der Waals surface area contributed by atoms with Gasteiger partial charge in [0.05, 0.1) is 0 Å². The van der Waals surface area contributed by atoms with Crippen molar-refractivity contribution >= 4 is 11.3 Å². The molecule has 0 unspecified atom stereocenters. The Morgan fingerprint density at radius 1 is 1.15 bits per heavy atom. The quantitative estimate of drug-likeness (QED) is 0.861. The lowest BCUT2D eigenvalue weighted by atomic mass is 10.2. The van der Waals surface area contributed by atoms with Gasteiger partial charge in [-0.05, 0) is 24.6 Å². The topological polar surface area (TPSA) is 37.8 Å². The highest BCUT2D eigenvalue weighted by atomic mass is 32.1. The summed E-state index contributed by atoms with van der Waals surface area (Å²) < 4.78 is 39.2. The van der Waals surface area contributed by atoms with Crippen LogP contribution in [0.1, 0.15) is 18.9 Å². The molecule has 1 N–H and O–H groups in total. The number of hydrogen-bond acceptors (Lipinski definition) is 4. The second kappa shape index (κ2) is 6.32. The lowest BCUT2D eigenvalue weighted by Gasteiger charge is -2.04. The van der Waals surface area contributed by atoms with E-state index in [1.807, 2.05) is 0 Å². The predicted molar refractivity (Wildman–Crippen MR) is 71.8 cm³/mol. The number of benzene rings is 1. The van der Waals surface area contributed by atoms with Crippen molar-refractivity contribution in [1.29, 1.82) is 0 Å². The summed E-state index contributed by atoms with van der Waals surface area (Å²) in [5, 5.41) is 12.1. The Morgan fingerprint density at radius 3 is 2.40 bits per heavy atom. The SMILES string of the molecule is CC(C)CNCc1nnc(-c2cc(F)c(F)c(F)c2)s1. The van der Waals surface area contributed by atoms with Gasteiger partial charge >= 0.3 is 0 Å². The van der Waals surface area contributed by atoms with Crippen LogP contribution in [0.15, 0.2) is 12.1 Å². The van der Waals surface area contributed by atoms with Gasteiger partial charge in [0.25, 0.3) is 0 Å². The average Bonchev–Trinajstić information content (AvgIpc) is 2.83. The van der Waals surface area contributed by atoms with Gasteiger partial charge in [0.1, 0.15) is 10.0 Å². The van der Waals surface area contributed by atoms with Gasteiger partial charge in [-0.2, -0.15) is 0 Å². The molecule has 0 saturated carbocycles. The first kappa shape index (κ1) is 14.9. The van der Waals surface area contributed by atoms with Crippen molar-refractivity contribution in [3.63, 3.8) is 0 Å². The summed E-state index contributed by atoms with van der Waals surface area (Å²) in [5.41, 5.74) is 0.189. The first-order chi connectivity index (χ1) is 9.47. The Morgan fingerprint density at radius 2 is 1.80 bits per heavy atom. The molecule has 1 aromatic heterocycles. The molecule has 0 saturated heterocycles. The lowest BCUT2D eigenvalue weighted by Crippen LogP contribution is -2.18. The zero-order valence-electron chi connectivity index (χ0n) is 11.1. The predicted octanol–water partition coefficient (Wildman–Crippen LogP) is 3.37. The van der Waals surface area contributed by atoms with E-state index in [1.54, 1.807) is 0 Å². The maximum absolute atomic E-state index is 13.2. The van der Waals surface area contributed by atoms with Crippen LogP contribution in [-0.2, 0) is 6.54 Å². The highest BCUT2D eigenvalue weighted by molar-refractivity contribution is 7.14. The van der Waals surface area contributed by atoms with E-state index in [-0.39, 0.29) is 5.56 Å². The molecule has 0 spiro atoms. The second-order valence-electron chi connectivity index (χ2n) is 4.78. The monoisotopic (exact) mass is 301 g/mol. The molecular weight excluding hydrogens is 287 g/mol. The molecular formula is C13H14F3N3S. The molecule has 0 bridgehead atoms. The third-order valence-electron chi connectivity index (χ3n) is 2.53. The standard InChI is InChI=1S/C13H14F3N3S/c1-7(2)5-17-6-11-18-19-13(20-11)8-3-9(14)12(16)10(15)4-8/h3-4,7,17H,5-6H2,1-2H3. The van der Waals surface area contributed by atoms with Crippen LogP contribution in [0.5, 0.6) is 0 Å². The third kappa shape index (κ3) is 3.55. The van der Waals surface area contributed by atoms with E-state index in [1.165, 1.54) is 11.3 Å². The smallest absolute Gasteiger partial charge is 0.194 e. The summed E-state index contributed by atoms with van der Waals surface area (Å²) in [6.45, 7) is 5.56. The minimum Gasteiger partial charge on any atom is -0.310 e. The summed E-state index contributed by atoms with van der Waals surface area (Å²) >= 11 is 1.22. The molecule has 2 aromatic rings. The molecule has 0 aliphatic heterocycles. The molecule has 0 radical (unpaired) electrons. The van der Waals surface area contributed by atoms with Crippen molar-refractivity contribution < 1.29 is 13.2 Å². The van der Waals surface area contributed by atoms with E-state index in [0.29, 0.717) is 22.5 Å². The summed E-state index contributed by atoms with van der Waals surface area (Å²) in [5.74, 6) is -3.41. The Kier molecular flexibility index (Phi) is 4.72. The zero-order chi connectivity index (χ0) is 14.7. The Hall–Kier alpha value is -1.47. The fraction of sp³-hybridized carbons (Fsp3) is 0.385. The van der Waals surface area contributed by atoms with Crippen LogP contribution in [-0.4, -0.2) is 16.7 Å². The number of hydrogen-bond donors (Lipinski definition) is 1. The van der Waals surface area contributed by atoms with Gasteiger partial charge in [-0.1, -0.05) is 25.2 Å². The van der Waals surface area contributed by atoms with E-state index in [9.17, 15) is 13.2 Å². The first-order valence-electron chi connectivity index (χ1n) is 6.15. The van der Waals surface area contributed by atoms with Gasteiger partial charge in [0, 0.05) is 12.1 Å². The van der Waals surface area contributed by atoms with Gasteiger partial charge in [-0.3, -0.25) is 0 Å². The van der Waals surface area contributed by atoms with Crippen LogP contribution < -0.4 is 5.32 Å². The normalized spacial score (nSPS) is 11.3. The third-order valence-corrected chi connectivity index (χ3v) is 3.50. The van der Waals surface area contributed by atoms with Crippen LogP contribution in [0.2, 0.25) is 0 Å². The average molecular weight is 301 g/mol. The molecule has 108 valence electrons. The van der Waals surface area contributed by atoms with E-state index >= 15 is 0 Å². The van der Waals surface area contributed by atoms with Crippen molar-refractivity contribution in [1.82, 2.24) is 15.5 Å². The molecule has 3 nitrogen and oxygen atoms in total. The molecule has 0 aliphatic carbocycles. The van der Waals surface area contributed by atoms with Crippen molar-refractivity contribution in [2.45, 2.75) is 20.4 Å². The molecule has 20 heavy (non-hydrogen) atoms. The van der Waals surface area contributed by atoms with Crippen LogP contribution >= 0.6 is 11.3 Å². The zero-order valence-corrected chi connectivity index (χ0v) is 11.9. The molecule has 0 aliphatic rings. The molecule has 1 aromatic carbocycles. The van der Waals surface area contributed by atoms with Crippen LogP contribution in [0.4, 0.5) is 13.2 Å². The minimum atomic E-state index is -1.47. The molecule has 7 heteroatoms. The Balaban J connectivity index is 2.12. The van der Waals surface area contributed by atoms with Gasteiger partial charge in [-0.25, -0.2) is 13.2 Å². The van der Waals surface area contributed by atoms with Crippen molar-refractivity contribution in [3.05, 3.63) is 34.6 Å². The summed E-state index contributed by atoms with van der Waals surface area (Å²) in [4.78, 5) is 0. The van der Waals surface area contributed by atoms with Crippen LogP contribution in [0.25, 0.3) is 10.6 Å². The van der Waals surface area contributed by atoms with Gasteiger partial charge in [-0.15, -0.1) is 10.2 Å². The number of rotatable bonds is 5. The maximum Gasteiger partial charge on any atom is 0.194 e. The van der Waals surface area contributed by atoms with Crippen molar-refractivity contribution in [2.75, 3.05) is 6.54 Å². The van der Waals surface area contributed by atoms with Crippen molar-refractivity contribution in [3.8, 4) is 10.6 Å². The highest BCUT2D eigenvalue weighted by Gasteiger charge is 2.14. The van der Waals surface area contributed by atoms with E-state index in [2.05, 4.69) is 29.4 Å². The fourth-order valence-electron chi connectivity index (χ4n) is 1.59. The number of halogens is 3. The minimum absolute atomic E-state index is 0.189. The number of nitrogens with one attached hydrogen (secondary N) is 1. The second-order valence-corrected chi connectivity index (χ2v) is 5.84. The van der Waals surface area contributed by atoms with Crippen LogP contribution in [0, 0.1) is 23.4 Å². The number of nitrogens with zero attached hydrogens (tertiary/aromatic N) is 2. The summed E-state index contributed by atoms with van der Waals surface area (Å²) in [6, 6.07) is 1.84. The Labute approximate surface area is 118 Å². The molecule has 0 atom stereocenters. The fourth-order valence-corrected chi connectivity index (χ4v) is 2.38. The van der Waals surface area contributed by atoms with Gasteiger partial charge < -0.3 is 5.32 Å². The largest absolute Gasteiger partial charge is 0.310 e. The summed E-state index contributed by atoms with van der Waals surface area (Å²) in [7, 11) is 0.